The molecule has 134 valence electrons. The van der Waals surface area contributed by atoms with E-state index < -0.39 is 17.5 Å². The highest BCUT2D eigenvalue weighted by Crippen LogP contribution is 2.27. The number of hydrogen-bond donors (Lipinski definition) is 1. The van der Waals surface area contributed by atoms with Crippen molar-refractivity contribution in [2.24, 2.45) is 0 Å². The van der Waals surface area contributed by atoms with Crippen molar-refractivity contribution in [3.8, 4) is 11.5 Å². The number of oxazole rings is 1. The highest BCUT2D eigenvalue weighted by atomic mass is 19.2. The fourth-order valence-electron chi connectivity index (χ4n) is 2.74. The lowest BCUT2D eigenvalue weighted by Crippen LogP contribution is -2.12. The van der Waals surface area contributed by atoms with Gasteiger partial charge in [0.1, 0.15) is 5.52 Å². The Balaban J connectivity index is 1.61. The molecule has 0 unspecified atom stereocenters. The Morgan fingerprint density at radius 1 is 1.00 bits per heavy atom. The van der Waals surface area contributed by atoms with E-state index >= 15 is 0 Å². The second kappa shape index (κ2) is 6.64. The fourth-order valence-corrected chi connectivity index (χ4v) is 2.74. The summed E-state index contributed by atoms with van der Waals surface area (Å²) < 4.78 is 32.1. The smallest absolute Gasteiger partial charge is 0.255 e. The van der Waals surface area contributed by atoms with Crippen molar-refractivity contribution in [3.63, 3.8) is 0 Å². The molecule has 0 aliphatic heterocycles. The molecule has 4 nitrogen and oxygen atoms in total. The van der Waals surface area contributed by atoms with Crippen molar-refractivity contribution in [2.45, 2.75) is 6.92 Å². The molecule has 0 saturated carbocycles. The Bertz CT molecular complexity index is 1170. The molecule has 6 heteroatoms. The van der Waals surface area contributed by atoms with Gasteiger partial charge in [-0.2, -0.15) is 0 Å². The second-order valence-corrected chi connectivity index (χ2v) is 6.15. The third-order valence-electron chi connectivity index (χ3n) is 4.09. The number of hydrogen-bond acceptors (Lipinski definition) is 3. The molecule has 1 heterocycles. The highest BCUT2D eigenvalue weighted by Gasteiger charge is 2.12. The number of nitrogens with one attached hydrogen (secondary N) is 1. The Morgan fingerprint density at radius 3 is 2.63 bits per heavy atom. The number of halogens is 2. The molecular formula is C21H14F2N2O2. The van der Waals surface area contributed by atoms with Crippen LogP contribution < -0.4 is 5.32 Å². The molecule has 0 saturated heterocycles. The lowest BCUT2D eigenvalue weighted by atomic mass is 10.1. The molecule has 0 aliphatic rings. The van der Waals surface area contributed by atoms with Crippen molar-refractivity contribution < 1.29 is 18.0 Å². The quantitative estimate of drug-likeness (QED) is 0.534. The van der Waals surface area contributed by atoms with E-state index in [1.54, 1.807) is 18.2 Å². The molecule has 0 atom stereocenters. The van der Waals surface area contributed by atoms with Crippen LogP contribution in [0.1, 0.15) is 15.9 Å². The van der Waals surface area contributed by atoms with Crippen molar-refractivity contribution in [2.75, 3.05) is 5.32 Å². The number of amides is 1. The number of carbonyl (C=O) groups excluding carboxylic acids is 1. The van der Waals surface area contributed by atoms with Gasteiger partial charge >= 0.3 is 0 Å². The molecule has 1 N–H and O–H groups in total. The van der Waals surface area contributed by atoms with E-state index in [-0.39, 0.29) is 5.56 Å². The number of carbonyl (C=O) groups is 1. The second-order valence-electron chi connectivity index (χ2n) is 6.15. The number of aryl methyl sites for hydroxylation is 1. The van der Waals surface area contributed by atoms with Crippen molar-refractivity contribution in [3.05, 3.63) is 83.4 Å². The van der Waals surface area contributed by atoms with Crippen molar-refractivity contribution in [1.29, 1.82) is 0 Å². The minimum absolute atomic E-state index is 0.0204. The van der Waals surface area contributed by atoms with Crippen LogP contribution in [0.4, 0.5) is 14.5 Å². The van der Waals surface area contributed by atoms with Crippen LogP contribution in [0.5, 0.6) is 0 Å². The molecule has 3 aromatic carbocycles. The van der Waals surface area contributed by atoms with Gasteiger partial charge in [0.15, 0.2) is 17.2 Å². The van der Waals surface area contributed by atoms with Crippen LogP contribution in [0.15, 0.2) is 65.1 Å². The average molecular weight is 364 g/mol. The summed E-state index contributed by atoms with van der Waals surface area (Å²) in [4.78, 5) is 16.7. The van der Waals surface area contributed by atoms with Crippen LogP contribution in [-0.4, -0.2) is 10.9 Å². The lowest BCUT2D eigenvalue weighted by Gasteiger charge is -2.05. The van der Waals surface area contributed by atoms with Gasteiger partial charge in [-0.15, -0.1) is 0 Å². The van der Waals surface area contributed by atoms with Gasteiger partial charge in [-0.25, -0.2) is 13.8 Å². The third kappa shape index (κ3) is 3.42. The van der Waals surface area contributed by atoms with Gasteiger partial charge in [-0.3, -0.25) is 4.79 Å². The van der Waals surface area contributed by atoms with Crippen LogP contribution in [0.25, 0.3) is 22.6 Å². The van der Waals surface area contributed by atoms with Gasteiger partial charge in [0.2, 0.25) is 5.89 Å². The van der Waals surface area contributed by atoms with E-state index in [1.165, 1.54) is 6.07 Å². The van der Waals surface area contributed by atoms with Gasteiger partial charge in [0.25, 0.3) is 5.91 Å². The van der Waals surface area contributed by atoms with E-state index in [2.05, 4.69) is 10.3 Å². The zero-order valence-electron chi connectivity index (χ0n) is 14.3. The van der Waals surface area contributed by atoms with Crippen molar-refractivity contribution in [1.82, 2.24) is 4.98 Å². The van der Waals surface area contributed by atoms with E-state index in [0.717, 1.165) is 23.3 Å². The summed E-state index contributed by atoms with van der Waals surface area (Å²) in [6, 6.07) is 15.8. The Hall–Kier alpha value is -3.54. The number of benzene rings is 3. The number of anilines is 1. The first-order chi connectivity index (χ1) is 13.0. The summed E-state index contributed by atoms with van der Waals surface area (Å²) in [5, 5.41) is 2.64. The number of fused-ring (bicyclic) bond motifs is 1. The normalized spacial score (nSPS) is 10.9. The maximum atomic E-state index is 13.3. The molecule has 4 aromatic rings. The molecule has 1 amide bonds. The number of aromatic nitrogens is 1. The molecule has 1 aromatic heterocycles. The van der Waals surface area contributed by atoms with Crippen LogP contribution in [-0.2, 0) is 0 Å². The van der Waals surface area contributed by atoms with Gasteiger partial charge < -0.3 is 9.73 Å². The Morgan fingerprint density at radius 2 is 1.85 bits per heavy atom. The number of rotatable bonds is 3. The van der Waals surface area contributed by atoms with Crippen LogP contribution >= 0.6 is 0 Å². The predicted octanol–water partition coefficient (Wildman–Crippen LogP) is 5.33. The molecule has 27 heavy (non-hydrogen) atoms. The third-order valence-corrected chi connectivity index (χ3v) is 4.09. The Kier molecular flexibility index (Phi) is 4.16. The summed E-state index contributed by atoms with van der Waals surface area (Å²) in [5.41, 5.74) is 3.59. The maximum Gasteiger partial charge on any atom is 0.255 e. The summed E-state index contributed by atoms with van der Waals surface area (Å²) in [7, 11) is 0. The van der Waals surface area contributed by atoms with E-state index in [0.29, 0.717) is 22.7 Å². The standard InChI is InChI=1S/C21H14F2N2O2/c1-12-3-2-4-14(9-12)21-25-18-8-6-15(11-19(18)27-21)24-20(26)13-5-7-16(22)17(23)10-13/h2-11H,1H3,(H,24,26). The van der Waals surface area contributed by atoms with E-state index in [9.17, 15) is 13.6 Å². The van der Waals surface area contributed by atoms with Crippen LogP contribution in [0.2, 0.25) is 0 Å². The minimum Gasteiger partial charge on any atom is -0.436 e. The van der Waals surface area contributed by atoms with Gasteiger partial charge in [0, 0.05) is 22.9 Å². The van der Waals surface area contributed by atoms with Crippen LogP contribution in [0.3, 0.4) is 0 Å². The molecular weight excluding hydrogens is 350 g/mol. The Labute approximate surface area is 153 Å². The summed E-state index contributed by atoms with van der Waals surface area (Å²) in [6.45, 7) is 1.98. The molecule has 0 bridgehead atoms. The van der Waals surface area contributed by atoms with Gasteiger partial charge in [0.05, 0.1) is 0 Å². The average Bonchev–Trinajstić information content (AvgIpc) is 3.07. The van der Waals surface area contributed by atoms with E-state index in [1.807, 2.05) is 31.2 Å². The lowest BCUT2D eigenvalue weighted by molar-refractivity contribution is 0.102. The van der Waals surface area contributed by atoms with Gasteiger partial charge in [-0.05, 0) is 49.4 Å². The fraction of sp³-hybridized carbons (Fsp3) is 0.0476. The topological polar surface area (TPSA) is 55.1 Å². The highest BCUT2D eigenvalue weighted by molar-refractivity contribution is 6.04. The zero-order valence-corrected chi connectivity index (χ0v) is 14.3. The first-order valence-corrected chi connectivity index (χ1v) is 8.23. The number of nitrogens with zero attached hydrogens (tertiary/aromatic N) is 1. The van der Waals surface area contributed by atoms with Crippen molar-refractivity contribution >= 4 is 22.7 Å². The summed E-state index contributed by atoms with van der Waals surface area (Å²) in [5.74, 6) is -2.14. The zero-order chi connectivity index (χ0) is 19.0. The largest absolute Gasteiger partial charge is 0.436 e. The van der Waals surface area contributed by atoms with E-state index in [4.69, 9.17) is 4.42 Å². The summed E-state index contributed by atoms with van der Waals surface area (Å²) in [6.07, 6.45) is 0. The van der Waals surface area contributed by atoms with Gasteiger partial charge in [-0.1, -0.05) is 17.7 Å². The summed E-state index contributed by atoms with van der Waals surface area (Å²) >= 11 is 0. The van der Waals surface area contributed by atoms with Crippen LogP contribution in [0, 0.1) is 18.6 Å². The molecule has 0 radical (unpaired) electrons. The molecule has 0 fully saturated rings. The minimum atomic E-state index is -1.07. The molecule has 0 spiro atoms. The first kappa shape index (κ1) is 16.9. The monoisotopic (exact) mass is 364 g/mol. The maximum absolute atomic E-state index is 13.3. The molecule has 0 aliphatic carbocycles. The molecule has 4 rings (SSSR count). The SMILES string of the molecule is Cc1cccc(-c2nc3ccc(NC(=O)c4ccc(F)c(F)c4)cc3o2)c1. The first-order valence-electron chi connectivity index (χ1n) is 8.23. The predicted molar refractivity (Wildman–Crippen MR) is 98.5 cm³/mol.